The zero-order valence-corrected chi connectivity index (χ0v) is 21.5. The van der Waals surface area contributed by atoms with Crippen molar-refractivity contribution >= 4 is 16.9 Å². The fourth-order valence-corrected chi connectivity index (χ4v) is 5.23. The van der Waals surface area contributed by atoms with Crippen LogP contribution in [0.2, 0.25) is 0 Å². The number of hydrogen-bond acceptors (Lipinski definition) is 7. The lowest BCUT2D eigenvalue weighted by Crippen LogP contribution is -2.20. The van der Waals surface area contributed by atoms with Crippen LogP contribution in [0.25, 0.3) is 39.0 Å². The highest BCUT2D eigenvalue weighted by atomic mass is 16.5. The largest absolute Gasteiger partial charge is 0.491 e. The number of rotatable bonds is 7. The number of pyridine rings is 2. The summed E-state index contributed by atoms with van der Waals surface area (Å²) in [6.07, 6.45) is 5.30. The molecule has 0 saturated heterocycles. The molecule has 2 N–H and O–H groups in total. The molecule has 0 aliphatic heterocycles. The van der Waals surface area contributed by atoms with Gasteiger partial charge in [0.2, 0.25) is 0 Å². The zero-order valence-electron chi connectivity index (χ0n) is 21.5. The number of hydrogen-bond donors (Lipinski definition) is 1. The van der Waals surface area contributed by atoms with Crippen molar-refractivity contribution in [2.75, 3.05) is 20.3 Å². The molecule has 1 aliphatic carbocycles. The average molecular weight is 520 g/mol. The molecule has 0 fully saturated rings. The Morgan fingerprint density at radius 2 is 1.90 bits per heavy atom. The Hall–Kier alpha value is -4.89. The summed E-state index contributed by atoms with van der Waals surface area (Å²) in [4.78, 5) is 38.8. The Morgan fingerprint density at radius 3 is 2.72 bits per heavy atom. The fourth-order valence-electron chi connectivity index (χ4n) is 5.23. The minimum Gasteiger partial charge on any atom is -0.491 e. The van der Waals surface area contributed by atoms with Crippen LogP contribution in [0.1, 0.15) is 27.2 Å². The second kappa shape index (κ2) is 9.77. The molecule has 9 heteroatoms. The SMILES string of the molecule is COCCOc1ccc2c(c1)Cc1c(C(N)=O)ncc(-c3cccc(-n4cnc5cccnc5c4=O)c3C)c1-2. The summed E-state index contributed by atoms with van der Waals surface area (Å²) in [5.41, 5.74) is 13.5. The van der Waals surface area contributed by atoms with Crippen LogP contribution < -0.4 is 16.0 Å². The number of benzene rings is 2. The van der Waals surface area contributed by atoms with Gasteiger partial charge in [-0.1, -0.05) is 18.2 Å². The fraction of sp³-hybridized carbons (Fsp3) is 0.167. The normalized spacial score (nSPS) is 11.8. The van der Waals surface area contributed by atoms with Gasteiger partial charge < -0.3 is 15.2 Å². The number of nitrogens with two attached hydrogens (primary N) is 1. The van der Waals surface area contributed by atoms with E-state index in [-0.39, 0.29) is 11.3 Å². The van der Waals surface area contributed by atoms with Gasteiger partial charge in [0.15, 0.2) is 5.52 Å². The van der Waals surface area contributed by atoms with Gasteiger partial charge in [-0.05, 0) is 70.6 Å². The van der Waals surface area contributed by atoms with Crippen LogP contribution in [0.4, 0.5) is 0 Å². The second-order valence-electron chi connectivity index (χ2n) is 9.32. The maximum absolute atomic E-state index is 13.3. The van der Waals surface area contributed by atoms with Gasteiger partial charge in [0.05, 0.1) is 17.8 Å². The number of fused-ring (bicyclic) bond motifs is 4. The molecule has 0 bridgehead atoms. The van der Waals surface area contributed by atoms with Crippen molar-refractivity contribution in [2.45, 2.75) is 13.3 Å². The Kier molecular flexibility index (Phi) is 6.12. The molecule has 39 heavy (non-hydrogen) atoms. The van der Waals surface area contributed by atoms with Crippen LogP contribution in [-0.2, 0) is 11.2 Å². The van der Waals surface area contributed by atoms with Crippen molar-refractivity contribution in [1.82, 2.24) is 19.5 Å². The third kappa shape index (κ3) is 4.13. The van der Waals surface area contributed by atoms with E-state index in [2.05, 4.69) is 15.0 Å². The lowest BCUT2D eigenvalue weighted by atomic mass is 9.92. The van der Waals surface area contributed by atoms with Crippen molar-refractivity contribution in [3.05, 3.63) is 100.0 Å². The summed E-state index contributed by atoms with van der Waals surface area (Å²) in [5.74, 6) is 0.151. The molecule has 0 spiro atoms. The van der Waals surface area contributed by atoms with E-state index >= 15 is 0 Å². The van der Waals surface area contributed by atoms with Crippen LogP contribution in [0.5, 0.6) is 5.75 Å². The molecule has 6 rings (SSSR count). The third-order valence-corrected chi connectivity index (χ3v) is 7.06. The predicted molar refractivity (Wildman–Crippen MR) is 147 cm³/mol. The molecule has 5 aromatic rings. The molecule has 0 radical (unpaired) electrons. The molecule has 0 saturated carbocycles. The maximum Gasteiger partial charge on any atom is 0.284 e. The molecule has 1 amide bonds. The van der Waals surface area contributed by atoms with Crippen LogP contribution in [-0.4, -0.2) is 45.7 Å². The first kappa shape index (κ1) is 24.4. The highest BCUT2D eigenvalue weighted by Gasteiger charge is 2.29. The van der Waals surface area contributed by atoms with Gasteiger partial charge in [0.25, 0.3) is 11.5 Å². The number of carbonyl (C=O) groups excluding carboxylic acids is 1. The van der Waals surface area contributed by atoms with Crippen molar-refractivity contribution in [1.29, 1.82) is 0 Å². The summed E-state index contributed by atoms with van der Waals surface area (Å²) in [5, 5.41) is 0. The first-order valence-electron chi connectivity index (χ1n) is 12.5. The quantitative estimate of drug-likeness (QED) is 0.318. The number of methoxy groups -OCH3 is 1. The van der Waals surface area contributed by atoms with Gasteiger partial charge in [0.1, 0.15) is 24.4 Å². The monoisotopic (exact) mass is 519 g/mol. The predicted octanol–water partition coefficient (Wildman–Crippen LogP) is 3.85. The van der Waals surface area contributed by atoms with Crippen molar-refractivity contribution in [3.8, 4) is 33.7 Å². The second-order valence-corrected chi connectivity index (χ2v) is 9.32. The first-order chi connectivity index (χ1) is 19.0. The Bertz CT molecular complexity index is 1830. The van der Waals surface area contributed by atoms with Crippen LogP contribution in [0, 0.1) is 6.92 Å². The number of amides is 1. The molecule has 0 unspecified atom stereocenters. The van der Waals surface area contributed by atoms with E-state index in [9.17, 15) is 9.59 Å². The van der Waals surface area contributed by atoms with Gasteiger partial charge in [-0.25, -0.2) is 9.97 Å². The number of ether oxygens (including phenoxy) is 2. The Balaban J connectivity index is 1.51. The lowest BCUT2D eigenvalue weighted by Gasteiger charge is -2.17. The Morgan fingerprint density at radius 1 is 1.03 bits per heavy atom. The van der Waals surface area contributed by atoms with Gasteiger partial charge in [-0.15, -0.1) is 0 Å². The maximum atomic E-state index is 13.3. The number of nitrogens with zero attached hydrogens (tertiary/aromatic N) is 4. The van der Waals surface area contributed by atoms with E-state index < -0.39 is 5.91 Å². The van der Waals surface area contributed by atoms with Crippen LogP contribution in [0.3, 0.4) is 0 Å². The number of primary amides is 1. The van der Waals surface area contributed by atoms with E-state index in [1.54, 1.807) is 31.6 Å². The highest BCUT2D eigenvalue weighted by molar-refractivity contribution is 6.00. The van der Waals surface area contributed by atoms with Crippen LogP contribution in [0.15, 0.2) is 72.0 Å². The summed E-state index contributed by atoms with van der Waals surface area (Å²) in [7, 11) is 1.63. The van der Waals surface area contributed by atoms with E-state index in [0.717, 1.165) is 44.7 Å². The minimum atomic E-state index is -0.575. The van der Waals surface area contributed by atoms with Gasteiger partial charge in [-0.3, -0.25) is 19.1 Å². The smallest absolute Gasteiger partial charge is 0.284 e. The molecule has 1 aliphatic rings. The van der Waals surface area contributed by atoms with Crippen molar-refractivity contribution in [2.24, 2.45) is 5.73 Å². The molecule has 194 valence electrons. The molecule has 0 atom stereocenters. The van der Waals surface area contributed by atoms with Crippen molar-refractivity contribution < 1.29 is 14.3 Å². The van der Waals surface area contributed by atoms with E-state index in [1.807, 2.05) is 43.3 Å². The van der Waals surface area contributed by atoms with Crippen LogP contribution >= 0.6 is 0 Å². The molecule has 3 aromatic heterocycles. The highest BCUT2D eigenvalue weighted by Crippen LogP contribution is 2.45. The van der Waals surface area contributed by atoms with Gasteiger partial charge in [0, 0.05) is 31.5 Å². The standard InChI is InChI=1S/C30H25N5O4/c1-17-20(5-3-7-25(17)35-16-34-24-6-4-10-32-28(24)30(35)37)23-15-33-27(29(31)36)22-14-18-13-19(39-12-11-38-2)8-9-21(18)26(22)23/h3-10,13,15-16H,11-12,14H2,1-2H3,(H2,31,36). The zero-order chi connectivity index (χ0) is 27.1. The molecule has 3 heterocycles. The molecular formula is C30H25N5O4. The summed E-state index contributed by atoms with van der Waals surface area (Å²) < 4.78 is 12.4. The van der Waals surface area contributed by atoms with E-state index in [4.69, 9.17) is 15.2 Å². The van der Waals surface area contributed by atoms with E-state index in [1.165, 1.54) is 10.9 Å². The van der Waals surface area contributed by atoms with E-state index in [0.29, 0.717) is 36.4 Å². The third-order valence-electron chi connectivity index (χ3n) is 7.06. The number of aromatic nitrogens is 4. The number of carbonyl (C=O) groups is 1. The van der Waals surface area contributed by atoms with Gasteiger partial charge >= 0.3 is 0 Å². The first-order valence-corrected chi connectivity index (χ1v) is 12.5. The van der Waals surface area contributed by atoms with Gasteiger partial charge in [-0.2, -0.15) is 0 Å². The summed E-state index contributed by atoms with van der Waals surface area (Å²) >= 11 is 0. The molecule has 9 nitrogen and oxygen atoms in total. The lowest BCUT2D eigenvalue weighted by molar-refractivity contribution is 0.0995. The van der Waals surface area contributed by atoms with Crippen molar-refractivity contribution in [3.63, 3.8) is 0 Å². The molecular weight excluding hydrogens is 494 g/mol. The molecule has 2 aromatic carbocycles. The summed E-state index contributed by atoms with van der Waals surface area (Å²) in [6, 6.07) is 15.2. The topological polar surface area (TPSA) is 122 Å². The minimum absolute atomic E-state index is 0.250. The Labute approximate surface area is 223 Å². The average Bonchev–Trinajstić information content (AvgIpc) is 3.32. The summed E-state index contributed by atoms with van der Waals surface area (Å²) in [6.45, 7) is 2.88.